The van der Waals surface area contributed by atoms with Crippen LogP contribution in [0.25, 0.3) is 0 Å². The largest absolute Gasteiger partial charge is 0.492 e. The van der Waals surface area contributed by atoms with Gasteiger partial charge in [0.2, 0.25) is 0 Å². The summed E-state index contributed by atoms with van der Waals surface area (Å²) >= 11 is 21.9. The first-order valence-corrected chi connectivity index (χ1v) is 8.13. The van der Waals surface area contributed by atoms with Gasteiger partial charge in [-0.05, 0) is 30.7 Å². The van der Waals surface area contributed by atoms with E-state index in [9.17, 15) is 4.39 Å². The topological polar surface area (TPSA) is 9.23 Å². The minimum Gasteiger partial charge on any atom is -0.492 e. The molecule has 0 saturated heterocycles. The molecular weight excluding hydrogens is 401 g/mol. The zero-order valence-electron chi connectivity index (χ0n) is 11.0. The standard InChI is InChI=1S/C15H11BrCl3FO/c1-2-21-14-7-11(17)10(6-12(14)18)15(19)9-4-3-8(16)5-13(9)20/h3-7,15H,2H2,1H3. The van der Waals surface area contributed by atoms with Crippen molar-refractivity contribution in [2.45, 2.75) is 12.3 Å². The number of rotatable bonds is 4. The van der Waals surface area contributed by atoms with E-state index in [0.29, 0.717) is 38.0 Å². The number of halogens is 5. The molecular formula is C15H11BrCl3FO. The molecule has 0 aromatic heterocycles. The fourth-order valence-electron chi connectivity index (χ4n) is 1.88. The maximum Gasteiger partial charge on any atom is 0.139 e. The molecule has 0 bridgehead atoms. The first kappa shape index (κ1) is 16.9. The van der Waals surface area contributed by atoms with Gasteiger partial charge in [-0.25, -0.2) is 4.39 Å². The highest BCUT2D eigenvalue weighted by atomic mass is 79.9. The minimum atomic E-state index is -0.737. The van der Waals surface area contributed by atoms with Gasteiger partial charge < -0.3 is 4.74 Å². The molecule has 1 unspecified atom stereocenters. The fourth-order valence-corrected chi connectivity index (χ4v) is 3.11. The van der Waals surface area contributed by atoms with Gasteiger partial charge in [0.25, 0.3) is 0 Å². The minimum absolute atomic E-state index is 0.335. The van der Waals surface area contributed by atoms with Gasteiger partial charge in [0.15, 0.2) is 0 Å². The summed E-state index contributed by atoms with van der Waals surface area (Å²) in [4.78, 5) is 0. The molecule has 1 atom stereocenters. The molecule has 0 aliphatic rings. The third-order valence-corrected chi connectivity index (χ3v) is 4.45. The zero-order chi connectivity index (χ0) is 15.6. The van der Waals surface area contributed by atoms with Crippen molar-refractivity contribution in [1.29, 1.82) is 0 Å². The molecule has 0 saturated carbocycles. The summed E-state index contributed by atoms with van der Waals surface area (Å²) in [6.07, 6.45) is 0. The van der Waals surface area contributed by atoms with E-state index in [-0.39, 0.29) is 0 Å². The average molecular weight is 413 g/mol. The number of hydrogen-bond acceptors (Lipinski definition) is 1. The van der Waals surface area contributed by atoms with E-state index < -0.39 is 11.2 Å². The normalized spacial score (nSPS) is 12.3. The summed E-state index contributed by atoms with van der Waals surface area (Å²) in [5.41, 5.74) is 0.870. The van der Waals surface area contributed by atoms with Gasteiger partial charge in [0, 0.05) is 21.1 Å². The van der Waals surface area contributed by atoms with Crippen LogP contribution in [0.15, 0.2) is 34.8 Å². The van der Waals surface area contributed by atoms with E-state index in [1.54, 1.807) is 24.3 Å². The van der Waals surface area contributed by atoms with Crippen molar-refractivity contribution in [3.8, 4) is 5.75 Å². The third-order valence-electron chi connectivity index (χ3n) is 2.86. The Bertz CT molecular complexity index is 664. The lowest BCUT2D eigenvalue weighted by atomic mass is 10.0. The summed E-state index contributed by atoms with van der Waals surface area (Å²) in [6.45, 7) is 2.32. The lowest BCUT2D eigenvalue weighted by Gasteiger charge is -2.15. The quantitative estimate of drug-likeness (QED) is 0.513. The Hall–Kier alpha value is -0.480. The third kappa shape index (κ3) is 3.84. The number of alkyl halides is 1. The molecule has 21 heavy (non-hydrogen) atoms. The Kier molecular flexibility index (Phi) is 5.78. The van der Waals surface area contributed by atoms with Crippen molar-refractivity contribution in [2.75, 3.05) is 6.61 Å². The molecule has 0 spiro atoms. The van der Waals surface area contributed by atoms with Gasteiger partial charge in [0.1, 0.15) is 11.6 Å². The molecule has 0 heterocycles. The van der Waals surface area contributed by atoms with Crippen LogP contribution in [-0.2, 0) is 0 Å². The van der Waals surface area contributed by atoms with Crippen LogP contribution >= 0.6 is 50.7 Å². The van der Waals surface area contributed by atoms with Crippen LogP contribution in [0, 0.1) is 5.82 Å². The smallest absolute Gasteiger partial charge is 0.139 e. The van der Waals surface area contributed by atoms with Gasteiger partial charge in [-0.2, -0.15) is 0 Å². The molecule has 0 radical (unpaired) electrons. The number of hydrogen-bond donors (Lipinski definition) is 0. The molecule has 0 fully saturated rings. The van der Waals surface area contributed by atoms with Crippen LogP contribution in [0.1, 0.15) is 23.4 Å². The molecule has 2 aromatic carbocycles. The molecule has 0 amide bonds. The van der Waals surface area contributed by atoms with Crippen LogP contribution < -0.4 is 4.74 Å². The highest BCUT2D eigenvalue weighted by Gasteiger charge is 2.20. The Morgan fingerprint density at radius 3 is 2.48 bits per heavy atom. The van der Waals surface area contributed by atoms with Crippen molar-refractivity contribution < 1.29 is 9.13 Å². The second kappa shape index (κ2) is 7.19. The molecule has 2 rings (SSSR count). The Balaban J connectivity index is 2.43. The first-order valence-electron chi connectivity index (χ1n) is 6.14. The van der Waals surface area contributed by atoms with E-state index in [2.05, 4.69) is 15.9 Å². The predicted molar refractivity (Wildman–Crippen MR) is 89.4 cm³/mol. The Morgan fingerprint density at radius 2 is 1.86 bits per heavy atom. The molecule has 0 aliphatic carbocycles. The van der Waals surface area contributed by atoms with Crippen LogP contribution in [0.3, 0.4) is 0 Å². The molecule has 1 nitrogen and oxygen atoms in total. The monoisotopic (exact) mass is 410 g/mol. The second-order valence-corrected chi connectivity index (χ2v) is 6.43. The van der Waals surface area contributed by atoms with Crippen molar-refractivity contribution in [3.63, 3.8) is 0 Å². The fraction of sp³-hybridized carbons (Fsp3) is 0.200. The molecule has 112 valence electrons. The Morgan fingerprint density at radius 1 is 1.14 bits per heavy atom. The SMILES string of the molecule is CCOc1cc(Cl)c(C(Cl)c2ccc(Br)cc2F)cc1Cl. The summed E-state index contributed by atoms with van der Waals surface area (Å²) in [5.74, 6) is 0.0681. The van der Waals surface area contributed by atoms with Crippen molar-refractivity contribution >= 4 is 50.7 Å². The summed E-state index contributed by atoms with van der Waals surface area (Å²) < 4.78 is 20.0. The van der Waals surface area contributed by atoms with Gasteiger partial charge >= 0.3 is 0 Å². The van der Waals surface area contributed by atoms with Crippen molar-refractivity contribution in [3.05, 3.63) is 61.8 Å². The van der Waals surface area contributed by atoms with Crippen molar-refractivity contribution in [1.82, 2.24) is 0 Å². The average Bonchev–Trinajstić information content (AvgIpc) is 2.42. The van der Waals surface area contributed by atoms with Gasteiger partial charge in [-0.3, -0.25) is 0 Å². The molecule has 2 aromatic rings. The lowest BCUT2D eigenvalue weighted by molar-refractivity contribution is 0.340. The second-order valence-electron chi connectivity index (χ2n) is 4.27. The highest BCUT2D eigenvalue weighted by molar-refractivity contribution is 9.10. The van der Waals surface area contributed by atoms with Crippen molar-refractivity contribution in [2.24, 2.45) is 0 Å². The van der Waals surface area contributed by atoms with E-state index in [1.807, 2.05) is 6.92 Å². The van der Waals surface area contributed by atoms with Crippen LogP contribution in [0.5, 0.6) is 5.75 Å². The Labute approximate surface area is 146 Å². The van der Waals surface area contributed by atoms with Crippen LogP contribution in [-0.4, -0.2) is 6.61 Å². The van der Waals surface area contributed by atoms with Crippen LogP contribution in [0.2, 0.25) is 10.0 Å². The van der Waals surface area contributed by atoms with Gasteiger partial charge in [-0.1, -0.05) is 45.2 Å². The molecule has 6 heteroatoms. The first-order chi connectivity index (χ1) is 9.93. The molecule has 0 N–H and O–H groups in total. The van der Waals surface area contributed by atoms with E-state index >= 15 is 0 Å². The van der Waals surface area contributed by atoms with Gasteiger partial charge in [0.05, 0.1) is 17.0 Å². The van der Waals surface area contributed by atoms with Crippen LogP contribution in [0.4, 0.5) is 4.39 Å². The lowest BCUT2D eigenvalue weighted by Crippen LogP contribution is -2.00. The van der Waals surface area contributed by atoms with E-state index in [1.165, 1.54) is 6.07 Å². The predicted octanol–water partition coefficient (Wildman–Crippen LogP) is 6.62. The summed E-state index contributed by atoms with van der Waals surface area (Å²) in [5, 5.41) is 0.0309. The van der Waals surface area contributed by atoms with Gasteiger partial charge in [-0.15, -0.1) is 11.6 Å². The van der Waals surface area contributed by atoms with E-state index in [0.717, 1.165) is 0 Å². The summed E-state index contributed by atoms with van der Waals surface area (Å²) in [6, 6.07) is 7.88. The summed E-state index contributed by atoms with van der Waals surface area (Å²) in [7, 11) is 0. The highest BCUT2D eigenvalue weighted by Crippen LogP contribution is 2.40. The maximum absolute atomic E-state index is 14.0. The molecule has 0 aliphatic heterocycles. The number of ether oxygens (including phenoxy) is 1. The van der Waals surface area contributed by atoms with E-state index in [4.69, 9.17) is 39.5 Å². The number of benzene rings is 2. The maximum atomic E-state index is 14.0. The zero-order valence-corrected chi connectivity index (χ0v) is 14.8.